The predicted molar refractivity (Wildman–Crippen MR) is 202 cm³/mol. The number of aliphatic hydroxyl groups is 5. The quantitative estimate of drug-likeness (QED) is 0.193. The summed E-state index contributed by atoms with van der Waals surface area (Å²) in [5.74, 6) is -1.09. The van der Waals surface area contributed by atoms with E-state index in [1.165, 1.54) is 12.7 Å². The van der Waals surface area contributed by atoms with Gasteiger partial charge in [0.2, 0.25) is 0 Å². The Morgan fingerprint density at radius 1 is 0.772 bits per heavy atom. The summed E-state index contributed by atoms with van der Waals surface area (Å²) < 4.78 is 34.3. The van der Waals surface area contributed by atoms with E-state index in [1.54, 1.807) is 0 Å². The molecule has 2 aliphatic heterocycles. The molecule has 0 radical (unpaired) electrons. The molecule has 57 heavy (non-hydrogen) atoms. The molecule has 0 bridgehead atoms. The van der Waals surface area contributed by atoms with Crippen molar-refractivity contribution in [2.45, 2.75) is 168 Å². The van der Waals surface area contributed by atoms with Crippen molar-refractivity contribution in [3.63, 3.8) is 0 Å². The van der Waals surface area contributed by atoms with Gasteiger partial charge in [0, 0.05) is 5.92 Å². The Balaban J connectivity index is 1.17. The van der Waals surface area contributed by atoms with E-state index in [-0.39, 0.29) is 52.4 Å². The SMILES string of the molecule is COC(=O)[C@H]1O[C@@H](O[C@H]2CC[C@]3(C)[C@H]4C(=O)C=C5[C@@H]6C[C@@](C)(C(=O)OC)CC[C@]6(C)CC[C@@]5(C)[C@]4(C)CC[C@H]3C2(C)C)[C@H](O[C@@H]2OC[C@H](O)[C@H](O)[C@H]2O)[C@@H](O)[C@@H]1O. The minimum absolute atomic E-state index is 0.00234. The summed E-state index contributed by atoms with van der Waals surface area (Å²) in [7, 11) is 2.59. The first-order valence-electron chi connectivity index (χ1n) is 20.9. The summed E-state index contributed by atoms with van der Waals surface area (Å²) >= 11 is 0. The number of ether oxygens (including phenoxy) is 6. The van der Waals surface area contributed by atoms with Crippen LogP contribution in [0.3, 0.4) is 0 Å². The molecule has 2 heterocycles. The average molecular weight is 807 g/mol. The molecule has 6 fully saturated rings. The van der Waals surface area contributed by atoms with Crippen molar-refractivity contribution >= 4 is 17.7 Å². The highest BCUT2D eigenvalue weighted by molar-refractivity contribution is 5.95. The van der Waals surface area contributed by atoms with Crippen molar-refractivity contribution in [1.82, 2.24) is 0 Å². The third-order valence-corrected chi connectivity index (χ3v) is 17.2. The van der Waals surface area contributed by atoms with E-state index in [1.807, 2.05) is 13.0 Å². The Hall–Kier alpha value is -2.01. The summed E-state index contributed by atoms with van der Waals surface area (Å²) in [5.41, 5.74) is -0.932. The molecule has 0 aromatic rings. The Kier molecular flexibility index (Phi) is 11.0. The number of carbonyl (C=O) groups is 3. The Morgan fingerprint density at radius 3 is 2.12 bits per heavy atom. The van der Waals surface area contributed by atoms with Crippen molar-refractivity contribution in [2.24, 2.45) is 50.2 Å². The van der Waals surface area contributed by atoms with Gasteiger partial charge in [0.15, 0.2) is 24.5 Å². The second kappa shape index (κ2) is 14.6. The number of ketones is 1. The minimum Gasteiger partial charge on any atom is -0.469 e. The van der Waals surface area contributed by atoms with Crippen molar-refractivity contribution in [1.29, 1.82) is 0 Å². The third-order valence-electron chi connectivity index (χ3n) is 17.2. The zero-order valence-electron chi connectivity index (χ0n) is 35.1. The standard InChI is InChI=1S/C43H66O14/c1-38(2)25-10-13-43(7)33(23(44)18-21-22-19-40(4,37(51)53-9)15-14-39(22,3)16-17-42(21,43)6)41(25,5)12-11-26(38)55-36-32(29(48)28(47)31(56-36)34(50)52-8)57-35-30(49)27(46)24(45)20-54-35/h18,22,24-33,35-36,45-49H,10-17,19-20H2,1-9H3/t22-,24-,25-,26-,27-,28-,29-,30+,31-,32+,33+,35-,36+,39+,40-,41-,42+,43+/m0/s1. The second-order valence-electron chi connectivity index (χ2n) is 20.5. The molecule has 14 heteroatoms. The molecule has 0 amide bonds. The third kappa shape index (κ3) is 6.40. The molecule has 322 valence electrons. The summed E-state index contributed by atoms with van der Waals surface area (Å²) in [6.45, 7) is 15.2. The van der Waals surface area contributed by atoms with Crippen LogP contribution in [0.15, 0.2) is 11.6 Å². The fourth-order valence-electron chi connectivity index (χ4n) is 13.4. The lowest BCUT2D eigenvalue weighted by atomic mass is 9.33. The minimum atomic E-state index is -1.78. The summed E-state index contributed by atoms with van der Waals surface area (Å²) in [6.07, 6.45) is -5.64. The Bertz CT molecular complexity index is 1630. The number of allylic oxidation sites excluding steroid dienone is 2. The van der Waals surface area contributed by atoms with Crippen LogP contribution in [0.2, 0.25) is 0 Å². The maximum atomic E-state index is 14.9. The van der Waals surface area contributed by atoms with Gasteiger partial charge in [0.1, 0.15) is 36.6 Å². The van der Waals surface area contributed by atoms with Gasteiger partial charge in [0.05, 0.1) is 32.3 Å². The molecule has 7 rings (SSSR count). The van der Waals surface area contributed by atoms with Gasteiger partial charge in [-0.1, -0.05) is 47.1 Å². The maximum Gasteiger partial charge on any atom is 0.337 e. The number of aliphatic hydroxyl groups excluding tert-OH is 5. The number of rotatable bonds is 6. The van der Waals surface area contributed by atoms with Gasteiger partial charge in [0.25, 0.3) is 0 Å². The van der Waals surface area contributed by atoms with Crippen LogP contribution in [0.1, 0.15) is 106 Å². The molecule has 7 aliphatic rings. The first-order chi connectivity index (χ1) is 26.5. The summed E-state index contributed by atoms with van der Waals surface area (Å²) in [6, 6.07) is 0. The molecular weight excluding hydrogens is 740 g/mol. The lowest BCUT2D eigenvalue weighted by molar-refractivity contribution is -0.365. The fourth-order valence-corrected chi connectivity index (χ4v) is 13.4. The number of carbonyl (C=O) groups excluding carboxylic acids is 3. The normalized spacial score (nSPS) is 51.9. The second-order valence-corrected chi connectivity index (χ2v) is 20.5. The van der Waals surface area contributed by atoms with Crippen LogP contribution < -0.4 is 0 Å². The van der Waals surface area contributed by atoms with E-state index in [4.69, 9.17) is 28.4 Å². The summed E-state index contributed by atoms with van der Waals surface area (Å²) in [4.78, 5) is 40.8. The van der Waals surface area contributed by atoms with Crippen LogP contribution >= 0.6 is 0 Å². The molecular formula is C43H66O14. The monoisotopic (exact) mass is 806 g/mol. The zero-order valence-corrected chi connectivity index (χ0v) is 35.1. The number of fused-ring (bicyclic) bond motifs is 7. The average Bonchev–Trinajstić information content (AvgIpc) is 3.16. The van der Waals surface area contributed by atoms with E-state index in [9.17, 15) is 39.9 Å². The predicted octanol–water partition coefficient (Wildman–Crippen LogP) is 2.97. The molecule has 2 saturated heterocycles. The van der Waals surface area contributed by atoms with Gasteiger partial charge >= 0.3 is 11.9 Å². The largest absolute Gasteiger partial charge is 0.469 e. The van der Waals surface area contributed by atoms with E-state index in [2.05, 4.69) is 41.5 Å². The van der Waals surface area contributed by atoms with Crippen LogP contribution in [0, 0.1) is 50.2 Å². The van der Waals surface area contributed by atoms with Gasteiger partial charge in [-0.25, -0.2) is 4.79 Å². The Morgan fingerprint density at radius 2 is 1.46 bits per heavy atom. The molecule has 0 unspecified atom stereocenters. The van der Waals surface area contributed by atoms with Gasteiger partial charge < -0.3 is 54.0 Å². The van der Waals surface area contributed by atoms with Crippen LogP contribution in [0.25, 0.3) is 0 Å². The number of methoxy groups -OCH3 is 2. The van der Waals surface area contributed by atoms with Crippen molar-refractivity contribution in [3.05, 3.63) is 11.6 Å². The van der Waals surface area contributed by atoms with Crippen molar-refractivity contribution in [2.75, 3.05) is 20.8 Å². The van der Waals surface area contributed by atoms with Gasteiger partial charge in [-0.15, -0.1) is 0 Å². The zero-order chi connectivity index (χ0) is 41.8. The van der Waals surface area contributed by atoms with E-state index in [0.29, 0.717) is 19.3 Å². The van der Waals surface area contributed by atoms with Crippen molar-refractivity contribution < 1.29 is 68.3 Å². The van der Waals surface area contributed by atoms with Gasteiger partial charge in [-0.2, -0.15) is 0 Å². The van der Waals surface area contributed by atoms with E-state index in [0.717, 1.165) is 45.6 Å². The highest BCUT2D eigenvalue weighted by Crippen LogP contribution is 2.75. The molecule has 4 saturated carbocycles. The molecule has 0 spiro atoms. The topological polar surface area (TPSA) is 208 Å². The lowest BCUT2D eigenvalue weighted by Gasteiger charge is -2.70. The van der Waals surface area contributed by atoms with Crippen LogP contribution in [-0.4, -0.2) is 125 Å². The summed E-state index contributed by atoms with van der Waals surface area (Å²) in [5, 5.41) is 53.3. The van der Waals surface area contributed by atoms with Crippen LogP contribution in [0.4, 0.5) is 0 Å². The fraction of sp³-hybridized carbons (Fsp3) is 0.884. The maximum absolute atomic E-state index is 14.9. The molecule has 5 aliphatic carbocycles. The molecule has 14 nitrogen and oxygen atoms in total. The number of esters is 2. The molecule has 18 atom stereocenters. The number of hydrogen-bond donors (Lipinski definition) is 5. The first-order valence-corrected chi connectivity index (χ1v) is 20.9. The first kappa shape index (κ1) is 43.1. The highest BCUT2D eigenvalue weighted by atomic mass is 16.8. The van der Waals surface area contributed by atoms with Gasteiger partial charge in [-0.3, -0.25) is 9.59 Å². The highest BCUT2D eigenvalue weighted by Gasteiger charge is 2.71. The smallest absolute Gasteiger partial charge is 0.337 e. The van der Waals surface area contributed by atoms with Crippen LogP contribution in [-0.2, 0) is 42.8 Å². The van der Waals surface area contributed by atoms with Crippen LogP contribution in [0.5, 0.6) is 0 Å². The molecule has 5 N–H and O–H groups in total. The van der Waals surface area contributed by atoms with Gasteiger partial charge in [-0.05, 0) is 110 Å². The number of hydrogen-bond acceptors (Lipinski definition) is 14. The van der Waals surface area contributed by atoms with E-state index >= 15 is 0 Å². The molecule has 0 aromatic heterocycles. The van der Waals surface area contributed by atoms with Crippen molar-refractivity contribution in [3.8, 4) is 0 Å². The Labute approximate surface area is 335 Å². The van der Waals surface area contributed by atoms with E-state index < -0.39 is 83.6 Å². The lowest BCUT2D eigenvalue weighted by Crippen LogP contribution is -2.68. The molecule has 0 aromatic carbocycles.